The number of Topliss-reactive ketones (excluding diaryl/α,β-unsaturated/α-hetero) is 1. The minimum atomic E-state index is -0.463. The van der Waals surface area contributed by atoms with Crippen LogP contribution in [0, 0.1) is 57.3 Å². The summed E-state index contributed by atoms with van der Waals surface area (Å²) < 4.78 is 5.02. The Bertz CT molecular complexity index is 1190. The topological polar surface area (TPSA) is 64.8 Å². The zero-order valence-electron chi connectivity index (χ0n) is 24.4. The highest BCUT2D eigenvalue weighted by atomic mass is 16.5. The van der Waals surface area contributed by atoms with Crippen LogP contribution in [0.1, 0.15) is 99.3 Å². The van der Waals surface area contributed by atoms with Gasteiger partial charge in [0.1, 0.15) is 0 Å². The number of rotatable bonds is 3. The van der Waals surface area contributed by atoms with Gasteiger partial charge < -0.3 is 9.53 Å². The number of hydrogen-bond acceptors (Lipinski definition) is 4. The van der Waals surface area contributed by atoms with E-state index in [4.69, 9.17) is 11.3 Å². The average molecular weight is 520 g/mol. The maximum absolute atomic E-state index is 14.4. The molecule has 0 N–H and O–H groups in total. The second-order valence-electron chi connectivity index (χ2n) is 14.8. The van der Waals surface area contributed by atoms with Crippen LogP contribution in [0.2, 0.25) is 0 Å². The van der Waals surface area contributed by atoms with E-state index in [1.54, 1.807) is 0 Å². The lowest BCUT2D eigenvalue weighted by molar-refractivity contribution is -0.172. The van der Waals surface area contributed by atoms with E-state index in [-0.39, 0.29) is 68.6 Å². The Morgan fingerprint density at radius 1 is 1.05 bits per heavy atom. The molecule has 0 spiro atoms. The zero-order valence-corrected chi connectivity index (χ0v) is 24.4. The highest BCUT2D eigenvalue weighted by Crippen LogP contribution is 2.74. The first kappa shape index (κ1) is 27.4. The van der Waals surface area contributed by atoms with Crippen LogP contribution in [0.5, 0.6) is 0 Å². The Morgan fingerprint density at radius 2 is 1.74 bits per heavy atom. The summed E-state index contributed by atoms with van der Waals surface area (Å²) in [7, 11) is 1.46. The highest BCUT2D eigenvalue weighted by Gasteiger charge is 2.68. The van der Waals surface area contributed by atoms with E-state index in [1.807, 2.05) is 19.1 Å². The third-order valence-electron chi connectivity index (χ3n) is 12.7. The molecule has 0 aromatic carbocycles. The van der Waals surface area contributed by atoms with E-state index in [0.717, 1.165) is 56.9 Å². The highest BCUT2D eigenvalue weighted by molar-refractivity contribution is 6.01. The molecule has 5 aliphatic rings. The van der Waals surface area contributed by atoms with E-state index >= 15 is 0 Å². The fraction of sp³-hybridized carbons (Fsp3) is 0.758. The molecule has 0 aliphatic heterocycles. The molecule has 38 heavy (non-hydrogen) atoms. The van der Waals surface area contributed by atoms with E-state index in [2.05, 4.69) is 39.5 Å². The Balaban J connectivity index is 1.63. The number of carbonyl (C=O) groups excluding carboxylic acids is 3. The van der Waals surface area contributed by atoms with Gasteiger partial charge in [0.25, 0.3) is 0 Å². The maximum atomic E-state index is 14.4. The van der Waals surface area contributed by atoms with Crippen LogP contribution in [0.3, 0.4) is 0 Å². The summed E-state index contributed by atoms with van der Waals surface area (Å²) in [6, 6.07) is 0. The molecular formula is C33H45NO4. The van der Waals surface area contributed by atoms with Gasteiger partial charge in [-0.1, -0.05) is 53.2 Å². The molecule has 0 aromatic rings. The molecule has 5 nitrogen and oxygen atoms in total. The van der Waals surface area contributed by atoms with Crippen molar-refractivity contribution in [1.29, 1.82) is 0 Å². The summed E-state index contributed by atoms with van der Waals surface area (Å²) in [6.45, 7) is 21.2. The Hall–Kier alpha value is -2.22. The number of esters is 1. The van der Waals surface area contributed by atoms with Gasteiger partial charge in [-0.05, 0) is 90.9 Å². The number of fused-ring (bicyclic) bond motifs is 7. The standard InChI is InChI=1S/C33H45NO4/c1-20-21-9-11-31(5)25(30(21,4)19-23(34-7)28(20)37)17-24(35)27-22-18-29(2,3)13-15-33(22,12-10-26(36)38-8)16-14-32(27,31)6/h17,19-22,27H,9-16,18H2,1-6,8H3/t20-,21-,22-,27-,30-,31+,32+,33+/m0/s1. The lowest BCUT2D eigenvalue weighted by Gasteiger charge is -2.69. The molecule has 3 saturated carbocycles. The van der Waals surface area contributed by atoms with E-state index in [0.29, 0.717) is 6.42 Å². The van der Waals surface area contributed by atoms with Gasteiger partial charge in [0, 0.05) is 23.7 Å². The second-order valence-corrected chi connectivity index (χ2v) is 14.8. The summed E-state index contributed by atoms with van der Waals surface area (Å²) >= 11 is 0. The first-order chi connectivity index (χ1) is 17.7. The minimum Gasteiger partial charge on any atom is -0.469 e. The van der Waals surface area contributed by atoms with Gasteiger partial charge in [-0.15, -0.1) is 0 Å². The van der Waals surface area contributed by atoms with E-state index in [9.17, 15) is 14.4 Å². The number of ether oxygens (including phenoxy) is 1. The molecule has 0 bridgehead atoms. The van der Waals surface area contributed by atoms with Crippen LogP contribution in [-0.4, -0.2) is 24.6 Å². The summed E-state index contributed by atoms with van der Waals surface area (Å²) in [4.78, 5) is 43.2. The monoisotopic (exact) mass is 519 g/mol. The predicted octanol–water partition coefficient (Wildman–Crippen LogP) is 7.12. The normalized spacial score (nSPS) is 45.3. The number of allylic oxidation sites excluding steroid dienone is 4. The predicted molar refractivity (Wildman–Crippen MR) is 147 cm³/mol. The second kappa shape index (κ2) is 8.64. The lowest BCUT2D eigenvalue weighted by atomic mass is 9.34. The summed E-state index contributed by atoms with van der Waals surface area (Å²) in [5.41, 5.74) is 0.703. The van der Waals surface area contributed by atoms with Crippen molar-refractivity contribution in [3.8, 4) is 0 Å². The van der Waals surface area contributed by atoms with Gasteiger partial charge in [0.2, 0.25) is 5.70 Å². The summed E-state index contributed by atoms with van der Waals surface area (Å²) in [5, 5.41) is 0. The van der Waals surface area contributed by atoms with Gasteiger partial charge in [0.05, 0.1) is 13.7 Å². The molecule has 0 saturated heterocycles. The summed E-state index contributed by atoms with van der Waals surface area (Å²) in [5.74, 6) is 0.0954. The largest absolute Gasteiger partial charge is 0.469 e. The van der Waals surface area contributed by atoms with Gasteiger partial charge in [-0.3, -0.25) is 9.59 Å². The van der Waals surface area contributed by atoms with Crippen molar-refractivity contribution in [3.63, 3.8) is 0 Å². The van der Waals surface area contributed by atoms with Crippen LogP contribution in [0.25, 0.3) is 4.85 Å². The van der Waals surface area contributed by atoms with E-state index in [1.165, 1.54) is 7.11 Å². The molecule has 0 unspecified atom stereocenters. The maximum Gasteiger partial charge on any atom is 0.305 e. The van der Waals surface area contributed by atoms with Gasteiger partial charge in [-0.2, -0.15) is 0 Å². The number of nitrogens with zero attached hydrogens (tertiary/aromatic N) is 1. The molecule has 0 aromatic heterocycles. The minimum absolute atomic E-state index is 0.00467. The van der Waals surface area contributed by atoms with Crippen molar-refractivity contribution in [2.75, 3.05) is 7.11 Å². The molecule has 5 aliphatic carbocycles. The van der Waals surface area contributed by atoms with Crippen molar-refractivity contribution in [3.05, 3.63) is 34.8 Å². The SMILES string of the molecule is [C-]#[N+]C1=C[C@]2(C)C3=CC(=O)[C@@H]4[C@@H]5CC(C)(C)CC[C@]5(CCC(=O)OC)CC[C@@]4(C)[C@]3(C)CC[C@H]2[C@H](C)C1=O. The average Bonchev–Trinajstić information content (AvgIpc) is 2.86. The lowest BCUT2D eigenvalue weighted by Crippen LogP contribution is -2.64. The van der Waals surface area contributed by atoms with Crippen molar-refractivity contribution < 1.29 is 19.1 Å². The molecule has 0 heterocycles. The molecule has 206 valence electrons. The fourth-order valence-electron chi connectivity index (χ4n) is 10.2. The van der Waals surface area contributed by atoms with Crippen molar-refractivity contribution in [2.45, 2.75) is 99.3 Å². The Labute approximate surface area is 228 Å². The number of methoxy groups -OCH3 is 1. The first-order valence-electron chi connectivity index (χ1n) is 14.7. The van der Waals surface area contributed by atoms with Crippen molar-refractivity contribution in [2.24, 2.45) is 50.7 Å². The molecule has 3 fully saturated rings. The number of carbonyl (C=O) groups is 3. The molecule has 5 heteroatoms. The zero-order chi connectivity index (χ0) is 27.9. The Morgan fingerprint density at radius 3 is 2.39 bits per heavy atom. The first-order valence-corrected chi connectivity index (χ1v) is 14.7. The number of hydrogen-bond donors (Lipinski definition) is 0. The third-order valence-corrected chi connectivity index (χ3v) is 12.7. The van der Waals surface area contributed by atoms with Gasteiger partial charge in [0.15, 0.2) is 11.6 Å². The van der Waals surface area contributed by atoms with E-state index < -0.39 is 5.41 Å². The van der Waals surface area contributed by atoms with Gasteiger partial charge in [-0.25, -0.2) is 4.85 Å². The van der Waals surface area contributed by atoms with Crippen LogP contribution in [-0.2, 0) is 19.1 Å². The smallest absolute Gasteiger partial charge is 0.305 e. The van der Waals surface area contributed by atoms with Crippen LogP contribution < -0.4 is 0 Å². The van der Waals surface area contributed by atoms with Gasteiger partial charge >= 0.3 is 5.97 Å². The Kier molecular flexibility index (Phi) is 6.22. The van der Waals surface area contributed by atoms with Crippen LogP contribution in [0.4, 0.5) is 0 Å². The van der Waals surface area contributed by atoms with Crippen molar-refractivity contribution >= 4 is 17.5 Å². The summed E-state index contributed by atoms with van der Waals surface area (Å²) in [6.07, 6.45) is 12.2. The molecule has 5 rings (SSSR count). The molecule has 0 radical (unpaired) electrons. The molecular weight excluding hydrogens is 474 g/mol. The van der Waals surface area contributed by atoms with Crippen molar-refractivity contribution in [1.82, 2.24) is 0 Å². The third kappa shape index (κ3) is 3.57. The molecule has 8 atom stereocenters. The fourth-order valence-corrected chi connectivity index (χ4v) is 10.2. The quantitative estimate of drug-likeness (QED) is 0.294. The van der Waals surface area contributed by atoms with Crippen LogP contribution in [0.15, 0.2) is 23.4 Å². The van der Waals surface area contributed by atoms with Crippen LogP contribution >= 0.6 is 0 Å². The molecule has 0 amide bonds. The number of ketones is 2.